The lowest BCUT2D eigenvalue weighted by Gasteiger charge is -2.18. The molecule has 4 aromatic carbocycles. The summed E-state index contributed by atoms with van der Waals surface area (Å²) < 4.78 is 49.5. The molecule has 0 fully saturated rings. The summed E-state index contributed by atoms with van der Waals surface area (Å²) in [6.45, 7) is 0.307. The third kappa shape index (κ3) is 4.45. The van der Waals surface area contributed by atoms with Gasteiger partial charge < -0.3 is 4.74 Å². The summed E-state index contributed by atoms with van der Waals surface area (Å²) in [5, 5.41) is 4.86. The van der Waals surface area contributed by atoms with Crippen LogP contribution in [0.2, 0.25) is 0 Å². The first-order valence-corrected chi connectivity index (χ1v) is 12.4. The molecule has 4 nitrogen and oxygen atoms in total. The van der Waals surface area contributed by atoms with Gasteiger partial charge in [0.25, 0.3) is 0 Å². The van der Waals surface area contributed by atoms with Gasteiger partial charge in [0.2, 0.25) is 0 Å². The zero-order valence-electron chi connectivity index (χ0n) is 20.3. The maximum Gasteiger partial charge on any atom is 0.418 e. The van der Waals surface area contributed by atoms with E-state index in [0.717, 1.165) is 30.0 Å². The smallest absolute Gasteiger partial charge is 0.418 e. The number of alkyl halides is 3. The van der Waals surface area contributed by atoms with E-state index in [9.17, 15) is 18.0 Å². The molecule has 7 heteroatoms. The Hall–Kier alpha value is -4.39. The number of rotatable bonds is 5. The molecule has 190 valence electrons. The van der Waals surface area contributed by atoms with Gasteiger partial charge in [-0.2, -0.15) is 18.3 Å². The van der Waals surface area contributed by atoms with Gasteiger partial charge in [0.05, 0.1) is 17.8 Å². The van der Waals surface area contributed by atoms with Gasteiger partial charge in [0.1, 0.15) is 17.0 Å². The predicted octanol–water partition coefficient (Wildman–Crippen LogP) is 8.08. The van der Waals surface area contributed by atoms with Crippen molar-refractivity contribution in [2.75, 3.05) is 0 Å². The highest BCUT2D eigenvalue weighted by Gasteiger charge is 2.34. The number of carbonyl (C=O) groups is 1. The van der Waals surface area contributed by atoms with Crippen molar-refractivity contribution in [1.82, 2.24) is 9.78 Å². The molecule has 0 saturated heterocycles. The predicted molar refractivity (Wildman–Crippen MR) is 139 cm³/mol. The van der Waals surface area contributed by atoms with Gasteiger partial charge in [0.15, 0.2) is 5.78 Å². The van der Waals surface area contributed by atoms with Crippen molar-refractivity contribution in [2.45, 2.75) is 32.0 Å². The van der Waals surface area contributed by atoms with Crippen LogP contribution in [0.15, 0.2) is 91.0 Å². The second-order valence-electron chi connectivity index (χ2n) is 9.38. The molecule has 0 radical (unpaired) electrons. The maximum atomic E-state index is 13.9. The van der Waals surface area contributed by atoms with Crippen molar-refractivity contribution in [3.8, 4) is 22.8 Å². The molecule has 0 amide bonds. The third-order valence-corrected chi connectivity index (χ3v) is 6.85. The number of aromatic nitrogens is 2. The molecule has 0 atom stereocenters. The van der Waals surface area contributed by atoms with Crippen LogP contribution in [0.4, 0.5) is 13.2 Å². The average molecular weight is 513 g/mol. The Balaban J connectivity index is 1.46. The van der Waals surface area contributed by atoms with E-state index in [1.54, 1.807) is 16.8 Å². The molecule has 0 aliphatic heterocycles. The lowest BCUT2D eigenvalue weighted by Crippen LogP contribution is -2.11. The van der Waals surface area contributed by atoms with E-state index in [0.29, 0.717) is 46.7 Å². The molecule has 1 aliphatic carbocycles. The molecule has 0 spiro atoms. The van der Waals surface area contributed by atoms with E-state index < -0.39 is 11.7 Å². The van der Waals surface area contributed by atoms with Crippen molar-refractivity contribution >= 4 is 16.7 Å². The molecule has 38 heavy (non-hydrogen) atoms. The molecule has 1 aromatic heterocycles. The van der Waals surface area contributed by atoms with Gasteiger partial charge in [-0.15, -0.1) is 0 Å². The highest BCUT2D eigenvalue weighted by molar-refractivity contribution is 5.99. The summed E-state index contributed by atoms with van der Waals surface area (Å²) in [5.74, 6) is 1.26. The number of nitrogens with zero attached hydrogens (tertiary/aromatic N) is 2. The largest absolute Gasteiger partial charge is 0.457 e. The summed E-state index contributed by atoms with van der Waals surface area (Å²) in [5.41, 5.74) is 2.90. The van der Waals surface area contributed by atoms with Crippen molar-refractivity contribution < 1.29 is 22.7 Å². The highest BCUT2D eigenvalue weighted by atomic mass is 19.4. The van der Waals surface area contributed by atoms with Crippen LogP contribution in [0, 0.1) is 0 Å². The van der Waals surface area contributed by atoms with Crippen LogP contribution in [0.1, 0.15) is 39.9 Å². The Morgan fingerprint density at radius 2 is 1.66 bits per heavy atom. The number of ether oxygens (including phenoxy) is 1. The first kappa shape index (κ1) is 24.0. The fraction of sp³-hybridized carbons (Fsp3) is 0.161. The van der Waals surface area contributed by atoms with Crippen molar-refractivity contribution in [1.29, 1.82) is 0 Å². The van der Waals surface area contributed by atoms with Crippen LogP contribution >= 0.6 is 0 Å². The third-order valence-electron chi connectivity index (χ3n) is 6.85. The number of Topliss-reactive ketones (excluding diaryl/α,β-unsaturated/α-hetero) is 1. The maximum absolute atomic E-state index is 13.9. The molecule has 0 bridgehead atoms. The highest BCUT2D eigenvalue weighted by Crippen LogP contribution is 2.39. The minimum atomic E-state index is -4.53. The van der Waals surface area contributed by atoms with Gasteiger partial charge in [-0.3, -0.25) is 9.48 Å². The standard InChI is InChI=1S/C31H23F3N2O2/c32-31(33,34)26-15-5-14-25-29(26)35-36(19-20-8-2-1-3-9-20)30(25)21-10-4-11-22(18-21)38-28-17-7-12-23-24(28)13-6-16-27(23)37/h1-5,7-12,14-15,17-18H,6,13,16,19H2. The minimum Gasteiger partial charge on any atom is -0.457 e. The number of hydrogen-bond donors (Lipinski definition) is 0. The molecule has 6 rings (SSSR count). The Kier molecular flexibility index (Phi) is 5.98. The number of fused-ring (bicyclic) bond motifs is 2. The zero-order chi connectivity index (χ0) is 26.3. The summed E-state index contributed by atoms with van der Waals surface area (Å²) in [6, 6.07) is 26.4. The van der Waals surface area contributed by atoms with Crippen LogP contribution < -0.4 is 4.74 Å². The summed E-state index contributed by atoms with van der Waals surface area (Å²) in [4.78, 5) is 12.4. The number of hydrogen-bond acceptors (Lipinski definition) is 3. The van der Waals surface area contributed by atoms with Crippen LogP contribution in [0.3, 0.4) is 0 Å². The number of ketones is 1. The van der Waals surface area contributed by atoms with Crippen LogP contribution in [-0.2, 0) is 19.1 Å². The molecule has 1 heterocycles. The first-order chi connectivity index (χ1) is 18.4. The lowest BCUT2D eigenvalue weighted by molar-refractivity contribution is -0.136. The van der Waals surface area contributed by atoms with Crippen LogP contribution in [-0.4, -0.2) is 15.6 Å². The minimum absolute atomic E-state index is 0.0899. The topological polar surface area (TPSA) is 44.1 Å². The summed E-state index contributed by atoms with van der Waals surface area (Å²) >= 11 is 0. The number of carbonyl (C=O) groups excluding carboxylic acids is 1. The van der Waals surface area contributed by atoms with E-state index in [1.165, 1.54) is 6.07 Å². The van der Waals surface area contributed by atoms with Gasteiger partial charge in [0, 0.05) is 28.5 Å². The fourth-order valence-electron chi connectivity index (χ4n) is 5.13. The Morgan fingerprint density at radius 1 is 0.868 bits per heavy atom. The Morgan fingerprint density at radius 3 is 2.47 bits per heavy atom. The average Bonchev–Trinajstić information content (AvgIpc) is 3.27. The van der Waals surface area contributed by atoms with Crippen molar-refractivity contribution in [2.24, 2.45) is 0 Å². The fourth-order valence-corrected chi connectivity index (χ4v) is 5.13. The van der Waals surface area contributed by atoms with E-state index >= 15 is 0 Å². The normalized spacial score (nSPS) is 13.5. The van der Waals surface area contributed by atoms with Gasteiger partial charge in [-0.05, 0) is 42.7 Å². The quantitative estimate of drug-likeness (QED) is 0.239. The molecular weight excluding hydrogens is 489 g/mol. The Labute approximate surface area is 217 Å². The van der Waals surface area contributed by atoms with Crippen LogP contribution in [0.5, 0.6) is 11.5 Å². The number of benzene rings is 4. The van der Waals surface area contributed by atoms with E-state index in [-0.39, 0.29) is 11.3 Å². The molecule has 0 unspecified atom stereocenters. The summed E-state index contributed by atoms with van der Waals surface area (Å²) in [6.07, 6.45) is -2.47. The van der Waals surface area contributed by atoms with Crippen molar-refractivity contribution in [3.63, 3.8) is 0 Å². The van der Waals surface area contributed by atoms with Gasteiger partial charge >= 0.3 is 6.18 Å². The van der Waals surface area contributed by atoms with E-state index in [2.05, 4.69) is 5.10 Å². The molecule has 5 aromatic rings. The first-order valence-electron chi connectivity index (χ1n) is 12.4. The SMILES string of the molecule is O=C1CCCc2c(Oc3cccc(-c4c5cccc(C(F)(F)F)c5nn4Cc4ccccc4)c3)cccc21. The second kappa shape index (κ2) is 9.49. The zero-order valence-corrected chi connectivity index (χ0v) is 20.3. The van der Waals surface area contributed by atoms with Gasteiger partial charge in [-0.1, -0.05) is 66.7 Å². The molecule has 1 aliphatic rings. The van der Waals surface area contributed by atoms with Crippen molar-refractivity contribution in [3.05, 3.63) is 113 Å². The van der Waals surface area contributed by atoms with Gasteiger partial charge in [-0.25, -0.2) is 0 Å². The lowest BCUT2D eigenvalue weighted by atomic mass is 9.90. The van der Waals surface area contributed by atoms with Crippen LogP contribution in [0.25, 0.3) is 22.2 Å². The molecular formula is C31H23F3N2O2. The Bertz CT molecular complexity index is 1660. The molecule has 0 saturated carbocycles. The summed E-state index contributed by atoms with van der Waals surface area (Å²) in [7, 11) is 0. The number of halogens is 3. The second-order valence-corrected chi connectivity index (χ2v) is 9.38. The monoisotopic (exact) mass is 512 g/mol. The van der Waals surface area contributed by atoms with E-state index in [4.69, 9.17) is 4.74 Å². The van der Waals surface area contributed by atoms with E-state index in [1.807, 2.05) is 66.7 Å². The molecule has 0 N–H and O–H groups in total.